The molecular formula is C17H15BrCl2N2. The van der Waals surface area contributed by atoms with Gasteiger partial charge in [0.05, 0.1) is 17.6 Å². The van der Waals surface area contributed by atoms with E-state index in [0.29, 0.717) is 11.6 Å². The van der Waals surface area contributed by atoms with Crippen LogP contribution in [0, 0.1) is 0 Å². The highest BCUT2D eigenvalue weighted by molar-refractivity contribution is 9.10. The van der Waals surface area contributed by atoms with Gasteiger partial charge in [-0.1, -0.05) is 45.7 Å². The van der Waals surface area contributed by atoms with Gasteiger partial charge in [0.1, 0.15) is 0 Å². The molecule has 1 unspecified atom stereocenters. The lowest BCUT2D eigenvalue weighted by Gasteiger charge is -2.28. The lowest BCUT2D eigenvalue weighted by Crippen LogP contribution is -2.31. The van der Waals surface area contributed by atoms with E-state index in [4.69, 9.17) is 28.2 Å². The van der Waals surface area contributed by atoms with Crippen molar-refractivity contribution in [3.63, 3.8) is 0 Å². The molecule has 0 saturated heterocycles. The van der Waals surface area contributed by atoms with E-state index in [1.807, 2.05) is 43.4 Å². The normalized spacial score (nSPS) is 18.3. The first-order valence-corrected chi connectivity index (χ1v) is 8.61. The van der Waals surface area contributed by atoms with Gasteiger partial charge in [0, 0.05) is 39.9 Å². The molecule has 2 aromatic carbocycles. The summed E-state index contributed by atoms with van der Waals surface area (Å²) in [6.45, 7) is 1.33. The number of hydrogen-bond donors (Lipinski definition) is 0. The Kier molecular flexibility index (Phi) is 4.76. The van der Waals surface area contributed by atoms with Gasteiger partial charge in [0.15, 0.2) is 0 Å². The number of rotatable bonds is 1. The fourth-order valence-electron chi connectivity index (χ4n) is 2.64. The van der Waals surface area contributed by atoms with Crippen molar-refractivity contribution in [1.29, 1.82) is 0 Å². The summed E-state index contributed by atoms with van der Waals surface area (Å²) in [7, 11) is 2.05. The molecule has 0 aliphatic carbocycles. The van der Waals surface area contributed by atoms with Crippen molar-refractivity contribution in [3.8, 4) is 0 Å². The van der Waals surface area contributed by atoms with Crippen molar-refractivity contribution in [2.45, 2.75) is 5.38 Å². The highest BCUT2D eigenvalue weighted by Crippen LogP contribution is 2.30. The maximum absolute atomic E-state index is 6.39. The topological polar surface area (TPSA) is 15.6 Å². The zero-order chi connectivity index (χ0) is 15.7. The summed E-state index contributed by atoms with van der Waals surface area (Å²) in [5.41, 5.74) is 4.09. The summed E-state index contributed by atoms with van der Waals surface area (Å²) in [6.07, 6.45) is 0. The summed E-state index contributed by atoms with van der Waals surface area (Å²) in [5, 5.41) is 0.682. The SMILES string of the molecule is CN1CC(Cl)CN=C(c2ccccc2Br)c2cc(Cl)ccc21. The Hall–Kier alpha value is -1.03. The summed E-state index contributed by atoms with van der Waals surface area (Å²) < 4.78 is 1.01. The Morgan fingerprint density at radius 1 is 1.18 bits per heavy atom. The van der Waals surface area contributed by atoms with Gasteiger partial charge >= 0.3 is 0 Å². The largest absolute Gasteiger partial charge is 0.372 e. The zero-order valence-corrected chi connectivity index (χ0v) is 15.2. The van der Waals surface area contributed by atoms with Gasteiger partial charge in [-0.25, -0.2) is 0 Å². The molecule has 0 bridgehead atoms. The average molecular weight is 398 g/mol. The van der Waals surface area contributed by atoms with E-state index in [1.165, 1.54) is 0 Å². The Morgan fingerprint density at radius 2 is 1.95 bits per heavy atom. The van der Waals surface area contributed by atoms with E-state index >= 15 is 0 Å². The summed E-state index contributed by atoms with van der Waals surface area (Å²) in [5.74, 6) is 0. The Balaban J connectivity index is 2.23. The van der Waals surface area contributed by atoms with Crippen LogP contribution in [-0.4, -0.2) is 31.2 Å². The first-order chi connectivity index (χ1) is 10.6. The van der Waals surface area contributed by atoms with E-state index in [1.54, 1.807) is 0 Å². The summed E-state index contributed by atoms with van der Waals surface area (Å²) >= 11 is 16.2. The van der Waals surface area contributed by atoms with Crippen molar-refractivity contribution in [2.75, 3.05) is 25.0 Å². The minimum Gasteiger partial charge on any atom is -0.372 e. The van der Waals surface area contributed by atoms with Crippen LogP contribution in [0.4, 0.5) is 5.69 Å². The maximum Gasteiger partial charge on any atom is 0.0752 e. The minimum absolute atomic E-state index is 0.0219. The van der Waals surface area contributed by atoms with Crippen molar-refractivity contribution >= 4 is 50.5 Å². The lowest BCUT2D eigenvalue weighted by molar-refractivity contribution is 0.798. The number of benzene rings is 2. The number of halogens is 3. The Morgan fingerprint density at radius 3 is 2.73 bits per heavy atom. The number of aliphatic imine (C=N–C) groups is 1. The molecular weight excluding hydrogens is 383 g/mol. The Bertz CT molecular complexity index is 730. The van der Waals surface area contributed by atoms with Crippen LogP contribution in [0.25, 0.3) is 0 Å². The van der Waals surface area contributed by atoms with Crippen LogP contribution in [-0.2, 0) is 0 Å². The van der Waals surface area contributed by atoms with E-state index in [0.717, 1.165) is 33.5 Å². The third-order valence-electron chi connectivity index (χ3n) is 3.67. The molecule has 1 atom stereocenters. The third-order valence-corrected chi connectivity index (χ3v) is 4.88. The predicted octanol–water partition coefficient (Wildman–Crippen LogP) is 5.00. The number of hydrogen-bond acceptors (Lipinski definition) is 2. The van der Waals surface area contributed by atoms with Crippen LogP contribution in [0.3, 0.4) is 0 Å². The second kappa shape index (κ2) is 6.61. The van der Waals surface area contributed by atoms with Crippen molar-refractivity contribution in [2.24, 2.45) is 4.99 Å². The van der Waals surface area contributed by atoms with Crippen molar-refractivity contribution in [3.05, 3.63) is 63.1 Å². The molecule has 0 N–H and O–H groups in total. The van der Waals surface area contributed by atoms with Crippen LogP contribution in [0.1, 0.15) is 11.1 Å². The van der Waals surface area contributed by atoms with Crippen LogP contribution >= 0.6 is 39.1 Å². The van der Waals surface area contributed by atoms with Gasteiger partial charge in [-0.3, -0.25) is 4.99 Å². The van der Waals surface area contributed by atoms with E-state index < -0.39 is 0 Å². The minimum atomic E-state index is -0.0219. The molecule has 0 spiro atoms. The molecule has 0 radical (unpaired) electrons. The van der Waals surface area contributed by atoms with Gasteiger partial charge in [-0.05, 0) is 24.3 Å². The molecule has 3 rings (SSSR count). The van der Waals surface area contributed by atoms with Crippen molar-refractivity contribution < 1.29 is 0 Å². The number of nitrogens with zero attached hydrogens (tertiary/aromatic N) is 2. The molecule has 2 aromatic rings. The number of anilines is 1. The molecule has 22 heavy (non-hydrogen) atoms. The van der Waals surface area contributed by atoms with Gasteiger partial charge in [0.25, 0.3) is 0 Å². The van der Waals surface area contributed by atoms with E-state index in [9.17, 15) is 0 Å². The number of alkyl halides is 1. The van der Waals surface area contributed by atoms with Gasteiger partial charge < -0.3 is 4.90 Å². The fourth-order valence-corrected chi connectivity index (χ4v) is 3.56. The molecule has 0 amide bonds. The lowest BCUT2D eigenvalue weighted by atomic mass is 9.99. The third kappa shape index (κ3) is 3.17. The fraction of sp³-hybridized carbons (Fsp3) is 0.235. The number of fused-ring (bicyclic) bond motifs is 1. The summed E-state index contributed by atoms with van der Waals surface area (Å²) in [6, 6.07) is 14.0. The smallest absolute Gasteiger partial charge is 0.0752 e. The molecule has 0 aromatic heterocycles. The van der Waals surface area contributed by atoms with Crippen LogP contribution in [0.15, 0.2) is 51.9 Å². The van der Waals surface area contributed by atoms with Crippen LogP contribution in [0.2, 0.25) is 5.02 Å². The molecule has 1 heterocycles. The van der Waals surface area contributed by atoms with Gasteiger partial charge in [-0.15, -0.1) is 11.6 Å². The summed E-state index contributed by atoms with van der Waals surface area (Å²) in [4.78, 5) is 6.94. The van der Waals surface area contributed by atoms with E-state index in [-0.39, 0.29) is 5.38 Å². The molecule has 1 aliphatic rings. The average Bonchev–Trinajstić information content (AvgIpc) is 2.48. The quantitative estimate of drug-likeness (QED) is 0.618. The monoisotopic (exact) mass is 396 g/mol. The molecule has 5 heteroatoms. The Labute approximate surface area is 148 Å². The highest BCUT2D eigenvalue weighted by Gasteiger charge is 2.21. The first kappa shape index (κ1) is 15.9. The van der Waals surface area contributed by atoms with Crippen LogP contribution in [0.5, 0.6) is 0 Å². The predicted molar refractivity (Wildman–Crippen MR) is 99.0 cm³/mol. The molecule has 2 nitrogen and oxygen atoms in total. The second-order valence-electron chi connectivity index (χ2n) is 5.31. The molecule has 1 aliphatic heterocycles. The van der Waals surface area contributed by atoms with E-state index in [2.05, 4.69) is 26.9 Å². The highest BCUT2D eigenvalue weighted by atomic mass is 79.9. The van der Waals surface area contributed by atoms with Gasteiger partial charge in [0.2, 0.25) is 0 Å². The molecule has 0 fully saturated rings. The van der Waals surface area contributed by atoms with Gasteiger partial charge in [-0.2, -0.15) is 0 Å². The standard InChI is InChI=1S/C17H15BrCl2N2/c1-22-10-12(20)9-21-17(13-4-2-3-5-15(13)18)14-8-11(19)6-7-16(14)22/h2-8,12H,9-10H2,1H3. The van der Waals surface area contributed by atoms with Crippen molar-refractivity contribution in [1.82, 2.24) is 0 Å². The first-order valence-electron chi connectivity index (χ1n) is 7.00. The molecule has 114 valence electrons. The maximum atomic E-state index is 6.39. The molecule has 0 saturated carbocycles. The zero-order valence-electron chi connectivity index (χ0n) is 12.1. The van der Waals surface area contributed by atoms with Crippen LogP contribution < -0.4 is 4.90 Å². The second-order valence-corrected chi connectivity index (χ2v) is 7.22.